The molecule has 1 aliphatic heterocycles. The van der Waals surface area contributed by atoms with Crippen molar-refractivity contribution in [3.8, 4) is 0 Å². The summed E-state index contributed by atoms with van der Waals surface area (Å²) in [7, 11) is -4.47. The van der Waals surface area contributed by atoms with Crippen LogP contribution in [-0.4, -0.2) is 47.5 Å². The Morgan fingerprint density at radius 2 is 1.90 bits per heavy atom. The largest absolute Gasteiger partial charge is 0.480 e. The zero-order chi connectivity index (χ0) is 14.9. The summed E-state index contributed by atoms with van der Waals surface area (Å²) in [4.78, 5) is 11.2. The maximum atomic E-state index is 11.7. The van der Waals surface area contributed by atoms with Crippen molar-refractivity contribution in [1.82, 2.24) is 5.32 Å². The number of hydrogen-bond acceptors (Lipinski definition) is 5. The van der Waals surface area contributed by atoms with Crippen molar-refractivity contribution in [2.45, 2.75) is 17.0 Å². The lowest BCUT2D eigenvalue weighted by molar-refractivity contribution is -0.139. The Morgan fingerprint density at radius 1 is 1.30 bits per heavy atom. The molecule has 1 aromatic carbocycles. The van der Waals surface area contributed by atoms with Crippen LogP contribution < -0.4 is 5.32 Å². The third-order valence-electron chi connectivity index (χ3n) is 3.12. The molecule has 0 radical (unpaired) electrons. The summed E-state index contributed by atoms with van der Waals surface area (Å²) in [6, 6.07) is 4.99. The summed E-state index contributed by atoms with van der Waals surface area (Å²) in [5.74, 6) is -0.620. The molecule has 0 spiro atoms. The maximum absolute atomic E-state index is 11.7. The van der Waals surface area contributed by atoms with E-state index in [0.717, 1.165) is 11.8 Å². The molecule has 0 aromatic heterocycles. The highest BCUT2D eigenvalue weighted by Crippen LogP contribution is 2.21. The SMILES string of the molecule is CS(=O)(=O)c1ccc(C2CS(=O)CC(C(=O)O)N2)cc1. The van der Waals surface area contributed by atoms with Crippen LogP contribution in [0.15, 0.2) is 29.2 Å². The van der Waals surface area contributed by atoms with E-state index in [9.17, 15) is 17.4 Å². The van der Waals surface area contributed by atoms with Gasteiger partial charge in [0.25, 0.3) is 0 Å². The van der Waals surface area contributed by atoms with Crippen molar-refractivity contribution in [2.24, 2.45) is 0 Å². The Kier molecular flexibility index (Phi) is 4.26. The lowest BCUT2D eigenvalue weighted by atomic mass is 10.1. The Morgan fingerprint density at radius 3 is 2.40 bits per heavy atom. The molecule has 0 aliphatic carbocycles. The second-order valence-electron chi connectivity index (χ2n) is 4.72. The van der Waals surface area contributed by atoms with Crippen molar-refractivity contribution in [3.63, 3.8) is 0 Å². The van der Waals surface area contributed by atoms with Gasteiger partial charge in [-0.1, -0.05) is 12.1 Å². The van der Waals surface area contributed by atoms with Gasteiger partial charge in [-0.3, -0.25) is 14.3 Å². The van der Waals surface area contributed by atoms with Gasteiger partial charge in [-0.15, -0.1) is 0 Å². The zero-order valence-corrected chi connectivity index (χ0v) is 12.4. The first-order chi connectivity index (χ1) is 9.27. The number of aliphatic carboxylic acids is 1. The van der Waals surface area contributed by atoms with Crippen LogP contribution in [0.4, 0.5) is 0 Å². The number of benzene rings is 1. The van der Waals surface area contributed by atoms with E-state index in [1.54, 1.807) is 12.1 Å². The van der Waals surface area contributed by atoms with Gasteiger partial charge in [-0.2, -0.15) is 0 Å². The van der Waals surface area contributed by atoms with Gasteiger partial charge in [0.05, 0.1) is 4.90 Å². The fourth-order valence-electron chi connectivity index (χ4n) is 2.06. The number of rotatable bonds is 3. The predicted octanol–water partition coefficient (Wildman–Crippen LogP) is -0.0637. The van der Waals surface area contributed by atoms with E-state index < -0.39 is 32.6 Å². The molecule has 1 fully saturated rings. The molecular weight excluding hydrogens is 302 g/mol. The average molecular weight is 317 g/mol. The minimum Gasteiger partial charge on any atom is -0.480 e. The van der Waals surface area contributed by atoms with Gasteiger partial charge in [0.1, 0.15) is 6.04 Å². The summed E-state index contributed by atoms with van der Waals surface area (Å²) < 4.78 is 34.4. The monoisotopic (exact) mass is 317 g/mol. The number of carboxylic acid groups (broad SMARTS) is 1. The van der Waals surface area contributed by atoms with Crippen molar-refractivity contribution < 1.29 is 22.5 Å². The van der Waals surface area contributed by atoms with Gasteiger partial charge in [0.2, 0.25) is 0 Å². The van der Waals surface area contributed by atoms with E-state index in [4.69, 9.17) is 5.11 Å². The molecule has 1 aromatic rings. The number of sulfone groups is 1. The van der Waals surface area contributed by atoms with E-state index in [1.165, 1.54) is 12.1 Å². The molecule has 2 rings (SSSR count). The molecule has 0 saturated carbocycles. The van der Waals surface area contributed by atoms with E-state index in [2.05, 4.69) is 5.32 Å². The van der Waals surface area contributed by atoms with Crippen molar-refractivity contribution >= 4 is 26.6 Å². The smallest absolute Gasteiger partial charge is 0.321 e. The Bertz CT molecular complexity index is 638. The normalized spacial score (nSPS) is 27.1. The second kappa shape index (κ2) is 5.63. The lowest BCUT2D eigenvalue weighted by Gasteiger charge is -2.28. The van der Waals surface area contributed by atoms with Gasteiger partial charge < -0.3 is 5.11 Å². The minimum atomic E-state index is -3.26. The minimum absolute atomic E-state index is 0.0905. The molecule has 0 amide bonds. The van der Waals surface area contributed by atoms with E-state index in [-0.39, 0.29) is 16.7 Å². The number of nitrogens with one attached hydrogen (secondary N) is 1. The Balaban J connectivity index is 2.23. The third-order valence-corrected chi connectivity index (χ3v) is 5.65. The molecule has 3 unspecified atom stereocenters. The third kappa shape index (κ3) is 3.44. The fraction of sp³-hybridized carbons (Fsp3) is 0.417. The van der Waals surface area contributed by atoms with Crippen LogP contribution in [0.25, 0.3) is 0 Å². The average Bonchev–Trinajstić information content (AvgIpc) is 2.37. The second-order valence-corrected chi connectivity index (χ2v) is 8.29. The van der Waals surface area contributed by atoms with Crippen LogP contribution in [0.2, 0.25) is 0 Å². The summed E-state index contributed by atoms with van der Waals surface area (Å²) in [6.45, 7) is 0. The van der Waals surface area contributed by atoms with Crippen LogP contribution in [0.5, 0.6) is 0 Å². The first-order valence-electron chi connectivity index (χ1n) is 5.91. The van der Waals surface area contributed by atoms with Crippen LogP contribution in [0.3, 0.4) is 0 Å². The van der Waals surface area contributed by atoms with Gasteiger partial charge in [0.15, 0.2) is 9.84 Å². The summed E-state index contributed by atoms with van der Waals surface area (Å²) in [6.07, 6.45) is 1.12. The van der Waals surface area contributed by atoms with E-state index >= 15 is 0 Å². The quantitative estimate of drug-likeness (QED) is 0.810. The van der Waals surface area contributed by atoms with Crippen LogP contribution in [-0.2, 0) is 25.4 Å². The van der Waals surface area contributed by atoms with E-state index in [0.29, 0.717) is 5.75 Å². The van der Waals surface area contributed by atoms with Crippen LogP contribution >= 0.6 is 0 Å². The van der Waals surface area contributed by atoms with Crippen molar-refractivity contribution in [3.05, 3.63) is 29.8 Å². The molecule has 3 atom stereocenters. The van der Waals surface area contributed by atoms with Gasteiger partial charge in [-0.05, 0) is 17.7 Å². The molecule has 8 heteroatoms. The molecular formula is C12H15NO5S2. The van der Waals surface area contributed by atoms with Gasteiger partial charge in [0, 0.05) is 34.6 Å². The standard InChI is InChI=1S/C12H15NO5S2/c1-20(17,18)9-4-2-8(3-5-9)10-6-19(16)7-11(13-10)12(14)15/h2-5,10-11,13H,6-7H2,1H3,(H,14,15). The first kappa shape index (κ1) is 15.1. The molecule has 6 nitrogen and oxygen atoms in total. The van der Waals surface area contributed by atoms with Crippen LogP contribution in [0.1, 0.15) is 11.6 Å². The number of carbonyl (C=O) groups is 1. The molecule has 2 N–H and O–H groups in total. The van der Waals surface area contributed by atoms with E-state index in [1.807, 2.05) is 0 Å². The molecule has 1 saturated heterocycles. The molecule has 110 valence electrons. The van der Waals surface area contributed by atoms with Gasteiger partial charge >= 0.3 is 5.97 Å². The molecule has 20 heavy (non-hydrogen) atoms. The lowest BCUT2D eigenvalue weighted by Crippen LogP contribution is -2.49. The predicted molar refractivity (Wildman–Crippen MR) is 74.7 cm³/mol. The summed E-state index contributed by atoms with van der Waals surface area (Å²) >= 11 is 0. The highest BCUT2D eigenvalue weighted by molar-refractivity contribution is 7.90. The topological polar surface area (TPSA) is 101 Å². The molecule has 0 bridgehead atoms. The molecule has 1 heterocycles. The Hall–Kier alpha value is -1.25. The van der Waals surface area contributed by atoms with Crippen molar-refractivity contribution in [2.75, 3.05) is 17.8 Å². The summed E-state index contributed by atoms with van der Waals surface area (Å²) in [5, 5.41) is 11.9. The number of carboxylic acids is 1. The first-order valence-corrected chi connectivity index (χ1v) is 9.29. The fourth-order valence-corrected chi connectivity index (χ4v) is 4.10. The Labute approximate surface area is 119 Å². The highest BCUT2D eigenvalue weighted by atomic mass is 32.2. The molecule has 1 aliphatic rings. The van der Waals surface area contributed by atoms with Crippen molar-refractivity contribution in [1.29, 1.82) is 0 Å². The zero-order valence-electron chi connectivity index (χ0n) is 10.8. The number of hydrogen-bond donors (Lipinski definition) is 2. The van der Waals surface area contributed by atoms with Gasteiger partial charge in [-0.25, -0.2) is 8.42 Å². The highest BCUT2D eigenvalue weighted by Gasteiger charge is 2.31. The van der Waals surface area contributed by atoms with Crippen LogP contribution in [0, 0.1) is 0 Å². The maximum Gasteiger partial charge on any atom is 0.321 e. The summed E-state index contributed by atoms with van der Waals surface area (Å²) in [5.41, 5.74) is 0.733.